The molecule has 0 fully saturated rings. The molecule has 3 heteroatoms. The van der Waals surface area contributed by atoms with Crippen LogP contribution in [-0.2, 0) is 9.47 Å². The lowest BCUT2D eigenvalue weighted by Crippen LogP contribution is -2.14. The first-order valence-corrected chi connectivity index (χ1v) is 4.63. The molecule has 0 radical (unpaired) electrons. The summed E-state index contributed by atoms with van der Waals surface area (Å²) in [6.07, 6.45) is 3.49. The van der Waals surface area contributed by atoms with Crippen LogP contribution in [-0.4, -0.2) is 40.5 Å². The molecule has 3 nitrogen and oxygen atoms in total. The van der Waals surface area contributed by atoms with Crippen molar-refractivity contribution in [1.82, 2.24) is 5.32 Å². The molecule has 0 heterocycles. The number of likely N-dealkylation sites (N-methyl/N-ethyl adjacent to an activating group) is 1. The maximum absolute atomic E-state index is 5.35. The Balaban J connectivity index is 2.73. The van der Waals surface area contributed by atoms with Crippen molar-refractivity contribution in [2.45, 2.75) is 19.3 Å². The molecular formula is C9H21NO2. The number of methoxy groups -OCH3 is 1. The van der Waals surface area contributed by atoms with Crippen LogP contribution in [0.25, 0.3) is 0 Å². The van der Waals surface area contributed by atoms with E-state index < -0.39 is 0 Å². The number of ether oxygens (including phenoxy) is 2. The first-order chi connectivity index (χ1) is 5.91. The Morgan fingerprint density at radius 1 is 1.00 bits per heavy atom. The van der Waals surface area contributed by atoms with Gasteiger partial charge in [0.15, 0.2) is 0 Å². The minimum absolute atomic E-state index is 0.820. The highest BCUT2D eigenvalue weighted by Gasteiger charge is 1.89. The Morgan fingerprint density at radius 2 is 1.75 bits per heavy atom. The van der Waals surface area contributed by atoms with Gasteiger partial charge < -0.3 is 14.8 Å². The van der Waals surface area contributed by atoms with Gasteiger partial charge >= 0.3 is 0 Å². The monoisotopic (exact) mass is 175 g/mol. The summed E-state index contributed by atoms with van der Waals surface area (Å²) in [5.41, 5.74) is 0. The van der Waals surface area contributed by atoms with Gasteiger partial charge in [-0.1, -0.05) is 0 Å². The molecule has 0 aliphatic rings. The third-order valence-corrected chi connectivity index (χ3v) is 1.63. The van der Waals surface area contributed by atoms with Crippen LogP contribution in [0.5, 0.6) is 0 Å². The SMILES string of the molecule is CNCCOCCCCCOC. The first kappa shape index (κ1) is 11.9. The van der Waals surface area contributed by atoms with E-state index in [4.69, 9.17) is 9.47 Å². The lowest BCUT2D eigenvalue weighted by Gasteiger charge is -2.03. The smallest absolute Gasteiger partial charge is 0.0590 e. The van der Waals surface area contributed by atoms with Crippen LogP contribution in [0.15, 0.2) is 0 Å². The van der Waals surface area contributed by atoms with Crippen molar-refractivity contribution < 1.29 is 9.47 Å². The predicted molar refractivity (Wildman–Crippen MR) is 50.5 cm³/mol. The Hall–Kier alpha value is -0.120. The topological polar surface area (TPSA) is 30.5 Å². The van der Waals surface area contributed by atoms with Crippen molar-refractivity contribution >= 4 is 0 Å². The second kappa shape index (κ2) is 10.9. The van der Waals surface area contributed by atoms with Gasteiger partial charge in [-0.05, 0) is 26.3 Å². The van der Waals surface area contributed by atoms with E-state index in [-0.39, 0.29) is 0 Å². The molecule has 0 aromatic rings. The summed E-state index contributed by atoms with van der Waals surface area (Å²) in [7, 11) is 3.67. The van der Waals surface area contributed by atoms with Gasteiger partial charge in [0, 0.05) is 26.9 Å². The Kier molecular flexibility index (Phi) is 10.8. The Labute approximate surface area is 75.4 Å². The summed E-state index contributed by atoms with van der Waals surface area (Å²) in [5.74, 6) is 0. The normalized spacial score (nSPS) is 10.5. The lowest BCUT2D eigenvalue weighted by atomic mass is 10.2. The number of nitrogens with one attached hydrogen (secondary N) is 1. The fourth-order valence-corrected chi connectivity index (χ4v) is 0.904. The summed E-state index contributed by atoms with van der Waals surface area (Å²) in [4.78, 5) is 0. The lowest BCUT2D eigenvalue weighted by molar-refractivity contribution is 0.129. The van der Waals surface area contributed by atoms with Gasteiger partial charge in [-0.15, -0.1) is 0 Å². The molecule has 74 valence electrons. The van der Waals surface area contributed by atoms with Crippen molar-refractivity contribution in [3.05, 3.63) is 0 Å². The molecule has 0 bridgehead atoms. The maximum atomic E-state index is 5.35. The van der Waals surface area contributed by atoms with Crippen LogP contribution >= 0.6 is 0 Å². The number of unbranched alkanes of at least 4 members (excludes halogenated alkanes) is 2. The maximum Gasteiger partial charge on any atom is 0.0590 e. The highest BCUT2D eigenvalue weighted by Crippen LogP contribution is 1.95. The van der Waals surface area contributed by atoms with E-state index in [2.05, 4.69) is 5.32 Å². The van der Waals surface area contributed by atoms with Gasteiger partial charge in [0.25, 0.3) is 0 Å². The van der Waals surface area contributed by atoms with Gasteiger partial charge in [-0.3, -0.25) is 0 Å². The van der Waals surface area contributed by atoms with E-state index >= 15 is 0 Å². The standard InChI is InChI=1S/C9H21NO2/c1-10-6-9-12-8-5-3-4-7-11-2/h10H,3-9H2,1-2H3. The molecule has 12 heavy (non-hydrogen) atoms. The molecule has 0 saturated carbocycles. The van der Waals surface area contributed by atoms with Gasteiger partial charge in [0.2, 0.25) is 0 Å². The molecule has 0 aliphatic heterocycles. The van der Waals surface area contributed by atoms with Gasteiger partial charge in [-0.25, -0.2) is 0 Å². The second-order valence-electron chi connectivity index (χ2n) is 2.77. The van der Waals surface area contributed by atoms with Crippen LogP contribution in [0.1, 0.15) is 19.3 Å². The van der Waals surface area contributed by atoms with Gasteiger partial charge in [0.05, 0.1) is 6.61 Å². The quantitative estimate of drug-likeness (QED) is 0.531. The minimum atomic E-state index is 0.820. The van der Waals surface area contributed by atoms with Gasteiger partial charge in [-0.2, -0.15) is 0 Å². The highest BCUT2D eigenvalue weighted by atomic mass is 16.5. The van der Waals surface area contributed by atoms with Crippen molar-refractivity contribution in [1.29, 1.82) is 0 Å². The molecule has 0 aliphatic carbocycles. The van der Waals surface area contributed by atoms with Crippen molar-refractivity contribution in [3.63, 3.8) is 0 Å². The first-order valence-electron chi connectivity index (χ1n) is 4.63. The molecule has 0 unspecified atom stereocenters. The molecule has 0 spiro atoms. The van der Waals surface area contributed by atoms with E-state index in [1.807, 2.05) is 7.05 Å². The van der Waals surface area contributed by atoms with Gasteiger partial charge in [0.1, 0.15) is 0 Å². The number of rotatable bonds is 9. The summed E-state index contributed by atoms with van der Waals surface area (Å²) in [6, 6.07) is 0. The molecule has 1 N–H and O–H groups in total. The average molecular weight is 175 g/mol. The molecule has 0 amide bonds. The van der Waals surface area contributed by atoms with E-state index in [9.17, 15) is 0 Å². The van der Waals surface area contributed by atoms with Crippen LogP contribution in [0.2, 0.25) is 0 Å². The van der Waals surface area contributed by atoms with Crippen LogP contribution in [0.3, 0.4) is 0 Å². The Morgan fingerprint density at radius 3 is 2.42 bits per heavy atom. The summed E-state index contributed by atoms with van der Waals surface area (Å²) in [5, 5.41) is 3.03. The largest absolute Gasteiger partial charge is 0.385 e. The third-order valence-electron chi connectivity index (χ3n) is 1.63. The molecule has 0 rings (SSSR count). The summed E-state index contributed by atoms with van der Waals surface area (Å²) >= 11 is 0. The average Bonchev–Trinajstić information content (AvgIpc) is 2.10. The van der Waals surface area contributed by atoms with E-state index in [1.54, 1.807) is 7.11 Å². The predicted octanol–water partition coefficient (Wildman–Crippen LogP) is 1.04. The van der Waals surface area contributed by atoms with E-state index in [1.165, 1.54) is 6.42 Å². The van der Waals surface area contributed by atoms with Crippen molar-refractivity contribution in [2.24, 2.45) is 0 Å². The molecule has 0 aromatic heterocycles. The molecule has 0 aromatic carbocycles. The van der Waals surface area contributed by atoms with Crippen molar-refractivity contribution in [2.75, 3.05) is 40.5 Å². The van der Waals surface area contributed by atoms with Crippen molar-refractivity contribution in [3.8, 4) is 0 Å². The molecular weight excluding hydrogens is 154 g/mol. The summed E-state index contributed by atoms with van der Waals surface area (Å²) < 4.78 is 10.3. The molecule has 0 atom stereocenters. The minimum Gasteiger partial charge on any atom is -0.385 e. The fraction of sp³-hybridized carbons (Fsp3) is 1.00. The third kappa shape index (κ3) is 9.88. The van der Waals surface area contributed by atoms with Crippen LogP contribution in [0.4, 0.5) is 0 Å². The second-order valence-corrected chi connectivity index (χ2v) is 2.77. The van der Waals surface area contributed by atoms with Crippen LogP contribution < -0.4 is 5.32 Å². The zero-order valence-electron chi connectivity index (χ0n) is 8.27. The fourth-order valence-electron chi connectivity index (χ4n) is 0.904. The Bertz CT molecular complexity index is 68.9. The van der Waals surface area contributed by atoms with E-state index in [0.717, 1.165) is 39.2 Å². The van der Waals surface area contributed by atoms with E-state index in [0.29, 0.717) is 0 Å². The number of hydrogen-bond acceptors (Lipinski definition) is 3. The highest BCUT2D eigenvalue weighted by molar-refractivity contribution is 4.41. The number of hydrogen-bond donors (Lipinski definition) is 1. The zero-order valence-corrected chi connectivity index (χ0v) is 8.27. The van der Waals surface area contributed by atoms with Crippen LogP contribution in [0, 0.1) is 0 Å². The zero-order chi connectivity index (χ0) is 9.07. The molecule has 0 saturated heterocycles. The summed E-state index contributed by atoms with van der Waals surface area (Å²) in [6.45, 7) is 3.51.